The second-order valence-corrected chi connectivity index (χ2v) is 6.00. The number of rotatable bonds is 3. The van der Waals surface area contributed by atoms with E-state index < -0.39 is 0 Å². The Labute approximate surface area is 143 Å². The fourth-order valence-electron chi connectivity index (χ4n) is 2.38. The van der Waals surface area contributed by atoms with Crippen molar-refractivity contribution in [3.63, 3.8) is 0 Å². The first-order valence-corrected chi connectivity index (χ1v) is 7.92. The molecule has 1 aromatic heterocycles. The average molecular weight is 349 g/mol. The zero-order valence-electron chi connectivity index (χ0n) is 12.7. The zero-order chi connectivity index (χ0) is 16.6. The van der Waals surface area contributed by atoms with Gasteiger partial charge in [0.1, 0.15) is 0 Å². The highest BCUT2D eigenvalue weighted by molar-refractivity contribution is 6.38. The van der Waals surface area contributed by atoms with Gasteiger partial charge in [-0.15, -0.1) is 0 Å². The molecule has 3 nitrogen and oxygen atoms in total. The SMILES string of the molecule is CCOc1c(-c2ccc(C)cc2)oc2c(Cl)cc(Cl)cc2c1=O. The summed E-state index contributed by atoms with van der Waals surface area (Å²) in [5.41, 5.74) is 1.89. The van der Waals surface area contributed by atoms with Crippen LogP contribution in [0.3, 0.4) is 0 Å². The molecule has 0 bridgehead atoms. The van der Waals surface area contributed by atoms with Gasteiger partial charge >= 0.3 is 0 Å². The van der Waals surface area contributed by atoms with E-state index in [0.717, 1.165) is 11.1 Å². The number of aryl methyl sites for hydroxylation is 1. The first-order chi connectivity index (χ1) is 11.0. The third-order valence-corrected chi connectivity index (χ3v) is 3.97. The Kier molecular flexibility index (Phi) is 4.33. The third kappa shape index (κ3) is 2.94. The fraction of sp³-hybridized carbons (Fsp3) is 0.167. The molecule has 0 atom stereocenters. The van der Waals surface area contributed by atoms with Crippen molar-refractivity contribution < 1.29 is 9.15 Å². The second kappa shape index (κ2) is 6.26. The average Bonchev–Trinajstić information content (AvgIpc) is 2.51. The molecule has 0 aliphatic carbocycles. The maximum absolute atomic E-state index is 12.8. The van der Waals surface area contributed by atoms with Crippen molar-refractivity contribution in [2.75, 3.05) is 6.61 Å². The lowest BCUT2D eigenvalue weighted by atomic mass is 10.1. The Bertz CT molecular complexity index is 928. The summed E-state index contributed by atoms with van der Waals surface area (Å²) in [5, 5.41) is 0.975. The van der Waals surface area contributed by atoms with E-state index >= 15 is 0 Å². The van der Waals surface area contributed by atoms with Crippen molar-refractivity contribution in [3.8, 4) is 17.1 Å². The van der Waals surface area contributed by atoms with Gasteiger partial charge in [0.05, 0.1) is 17.0 Å². The van der Waals surface area contributed by atoms with Gasteiger partial charge in [0.2, 0.25) is 11.2 Å². The molecule has 0 saturated carbocycles. The van der Waals surface area contributed by atoms with Crippen molar-refractivity contribution >= 4 is 34.2 Å². The molecule has 5 heteroatoms. The molecule has 118 valence electrons. The molecular formula is C18H14Cl2O3. The third-order valence-electron chi connectivity index (χ3n) is 3.47. The Morgan fingerprint density at radius 2 is 1.83 bits per heavy atom. The van der Waals surface area contributed by atoms with Crippen LogP contribution >= 0.6 is 23.2 Å². The quantitative estimate of drug-likeness (QED) is 0.629. The summed E-state index contributed by atoms with van der Waals surface area (Å²) in [7, 11) is 0. The summed E-state index contributed by atoms with van der Waals surface area (Å²) in [6, 6.07) is 10.7. The highest BCUT2D eigenvalue weighted by atomic mass is 35.5. The van der Waals surface area contributed by atoms with Gasteiger partial charge in [-0.1, -0.05) is 53.0 Å². The molecule has 23 heavy (non-hydrogen) atoms. The maximum atomic E-state index is 12.8. The van der Waals surface area contributed by atoms with E-state index in [4.69, 9.17) is 32.4 Å². The predicted molar refractivity (Wildman–Crippen MR) is 93.8 cm³/mol. The summed E-state index contributed by atoms with van der Waals surface area (Å²) < 4.78 is 11.5. The van der Waals surface area contributed by atoms with Gasteiger partial charge in [-0.2, -0.15) is 0 Å². The number of ether oxygens (including phenoxy) is 1. The molecule has 3 aromatic rings. The Hall–Kier alpha value is -1.97. The Morgan fingerprint density at radius 3 is 2.48 bits per heavy atom. The van der Waals surface area contributed by atoms with Gasteiger partial charge in [-0.05, 0) is 26.0 Å². The van der Waals surface area contributed by atoms with E-state index in [0.29, 0.717) is 33.4 Å². The smallest absolute Gasteiger partial charge is 0.235 e. The van der Waals surface area contributed by atoms with Crippen LogP contribution in [-0.2, 0) is 0 Å². The van der Waals surface area contributed by atoms with Crippen LogP contribution in [0.1, 0.15) is 12.5 Å². The van der Waals surface area contributed by atoms with Crippen molar-refractivity contribution in [1.29, 1.82) is 0 Å². The zero-order valence-corrected chi connectivity index (χ0v) is 14.2. The van der Waals surface area contributed by atoms with Crippen LogP contribution in [0.15, 0.2) is 45.6 Å². The topological polar surface area (TPSA) is 39.4 Å². The van der Waals surface area contributed by atoms with E-state index in [1.807, 2.05) is 38.1 Å². The highest BCUT2D eigenvalue weighted by Crippen LogP contribution is 2.35. The first-order valence-electron chi connectivity index (χ1n) is 7.17. The van der Waals surface area contributed by atoms with Crippen LogP contribution in [0.5, 0.6) is 5.75 Å². The molecule has 0 fully saturated rings. The largest absolute Gasteiger partial charge is 0.487 e. The summed E-state index contributed by atoms with van der Waals surface area (Å²) in [5.74, 6) is 0.538. The predicted octanol–water partition coefficient (Wildman–Crippen LogP) is 5.47. The van der Waals surface area contributed by atoms with Crippen LogP contribution < -0.4 is 10.2 Å². The minimum Gasteiger partial charge on any atom is -0.487 e. The molecule has 2 aromatic carbocycles. The molecule has 3 rings (SSSR count). The molecular weight excluding hydrogens is 335 g/mol. The van der Waals surface area contributed by atoms with Crippen LogP contribution in [0.25, 0.3) is 22.3 Å². The van der Waals surface area contributed by atoms with Gasteiger partial charge in [-0.3, -0.25) is 4.79 Å². The standard InChI is InChI=1S/C18H14Cl2O3/c1-3-22-18-15(21)13-8-12(19)9-14(20)17(13)23-16(18)11-6-4-10(2)5-7-11/h4-9H,3H2,1-2H3. The molecule has 0 radical (unpaired) electrons. The number of fused-ring (bicyclic) bond motifs is 1. The number of hydrogen-bond donors (Lipinski definition) is 0. The number of halogens is 2. The summed E-state index contributed by atoms with van der Waals surface area (Å²) in [6.45, 7) is 4.15. The summed E-state index contributed by atoms with van der Waals surface area (Å²) >= 11 is 12.2. The van der Waals surface area contributed by atoms with Crippen LogP contribution in [0.4, 0.5) is 0 Å². The van der Waals surface area contributed by atoms with Gasteiger partial charge in [-0.25, -0.2) is 0 Å². The van der Waals surface area contributed by atoms with E-state index in [9.17, 15) is 4.79 Å². The van der Waals surface area contributed by atoms with Crippen LogP contribution in [-0.4, -0.2) is 6.61 Å². The van der Waals surface area contributed by atoms with Gasteiger partial charge in [0.25, 0.3) is 0 Å². The number of hydrogen-bond acceptors (Lipinski definition) is 3. The Balaban J connectivity index is 2.38. The lowest BCUT2D eigenvalue weighted by Crippen LogP contribution is -2.10. The first kappa shape index (κ1) is 15.9. The minimum atomic E-state index is -0.284. The molecule has 0 aliphatic heterocycles. The van der Waals surface area contributed by atoms with Crippen molar-refractivity contribution in [2.45, 2.75) is 13.8 Å². The van der Waals surface area contributed by atoms with Crippen LogP contribution in [0, 0.1) is 6.92 Å². The van der Waals surface area contributed by atoms with Gasteiger partial charge in [0, 0.05) is 10.6 Å². The molecule has 0 saturated heterocycles. The molecule has 0 amide bonds. The molecule has 1 heterocycles. The molecule has 0 N–H and O–H groups in total. The maximum Gasteiger partial charge on any atom is 0.235 e. The molecule has 0 unspecified atom stereocenters. The lowest BCUT2D eigenvalue weighted by Gasteiger charge is -2.11. The lowest BCUT2D eigenvalue weighted by molar-refractivity contribution is 0.330. The number of benzene rings is 2. The van der Waals surface area contributed by atoms with Crippen molar-refractivity contribution in [1.82, 2.24) is 0 Å². The second-order valence-electron chi connectivity index (χ2n) is 5.15. The van der Waals surface area contributed by atoms with E-state index in [1.54, 1.807) is 6.07 Å². The molecule has 0 aliphatic rings. The minimum absolute atomic E-state index is 0.169. The van der Waals surface area contributed by atoms with Gasteiger partial charge in [0.15, 0.2) is 11.3 Å². The van der Waals surface area contributed by atoms with Crippen molar-refractivity contribution in [3.05, 3.63) is 62.2 Å². The summed E-state index contributed by atoms with van der Waals surface area (Å²) in [4.78, 5) is 12.8. The molecule has 0 spiro atoms. The fourth-order valence-corrected chi connectivity index (χ4v) is 2.91. The van der Waals surface area contributed by atoms with Crippen molar-refractivity contribution in [2.24, 2.45) is 0 Å². The highest BCUT2D eigenvalue weighted by Gasteiger charge is 2.19. The van der Waals surface area contributed by atoms with Crippen LogP contribution in [0.2, 0.25) is 10.0 Å². The summed E-state index contributed by atoms with van der Waals surface area (Å²) in [6.07, 6.45) is 0. The monoisotopic (exact) mass is 348 g/mol. The Morgan fingerprint density at radius 1 is 1.13 bits per heavy atom. The van der Waals surface area contributed by atoms with Gasteiger partial charge < -0.3 is 9.15 Å². The van der Waals surface area contributed by atoms with E-state index in [-0.39, 0.29) is 11.2 Å². The normalized spacial score (nSPS) is 11.0. The van der Waals surface area contributed by atoms with E-state index in [2.05, 4.69) is 0 Å². The van der Waals surface area contributed by atoms with E-state index in [1.165, 1.54) is 6.07 Å².